The average Bonchev–Trinajstić information content (AvgIpc) is 3.28. The maximum Gasteiger partial charge on any atom is 0.268 e. The van der Waals surface area contributed by atoms with Gasteiger partial charge in [0.2, 0.25) is 5.91 Å². The van der Waals surface area contributed by atoms with Crippen LogP contribution in [0.5, 0.6) is 0 Å². The van der Waals surface area contributed by atoms with Crippen LogP contribution in [0.1, 0.15) is 34.5 Å². The zero-order valence-electron chi connectivity index (χ0n) is 14.4. The van der Waals surface area contributed by atoms with Crippen molar-refractivity contribution in [3.05, 3.63) is 59.2 Å². The molecule has 2 aromatic rings. The fourth-order valence-corrected chi connectivity index (χ4v) is 3.16. The number of nitrogens with one attached hydrogen (secondary N) is 3. The number of hydrogen-bond acceptors (Lipinski definition) is 4. The maximum absolute atomic E-state index is 12.9. The molecule has 3 atom stereocenters. The fraction of sp³-hybridized carbons (Fsp3) is 0.316. The average molecular weight is 370 g/mol. The van der Waals surface area contributed by atoms with E-state index < -0.39 is 24.0 Å². The highest BCUT2D eigenvalue weighted by molar-refractivity contribution is 5.93. The minimum atomic E-state index is -0.832. The molecule has 0 spiro atoms. The summed E-state index contributed by atoms with van der Waals surface area (Å²) >= 11 is 0. The number of aromatic nitrogens is 1. The van der Waals surface area contributed by atoms with Gasteiger partial charge in [-0.1, -0.05) is 12.1 Å². The molecule has 1 aromatic heterocycles. The van der Waals surface area contributed by atoms with Crippen LogP contribution in [0.25, 0.3) is 0 Å². The fourth-order valence-electron chi connectivity index (χ4n) is 3.16. The van der Waals surface area contributed by atoms with Gasteiger partial charge in [0.05, 0.1) is 17.7 Å². The summed E-state index contributed by atoms with van der Waals surface area (Å²) in [5, 5.41) is 24.4. The standard InChI is InChI=1S/C19H19FN4O3/c20-14-3-1-11(2-4-14)9-23-18(26)13-6-15(17(25)7-13)24-19(27)16-5-12(8-21)10-22-16/h1-5,10,13,15,17,22,25H,6-7,9H2,(H,23,26)(H,24,27)/t13-,15+,17+/m0/s1. The number of hydrogen-bond donors (Lipinski definition) is 4. The molecule has 1 aromatic carbocycles. The van der Waals surface area contributed by atoms with Crippen LogP contribution in [0.3, 0.4) is 0 Å². The Bertz CT molecular complexity index is 872. The van der Waals surface area contributed by atoms with E-state index in [9.17, 15) is 19.1 Å². The lowest BCUT2D eigenvalue weighted by Crippen LogP contribution is -2.40. The summed E-state index contributed by atoms with van der Waals surface area (Å²) in [5.74, 6) is -1.43. The van der Waals surface area contributed by atoms with E-state index in [4.69, 9.17) is 5.26 Å². The van der Waals surface area contributed by atoms with Crippen molar-refractivity contribution >= 4 is 11.8 Å². The Kier molecular flexibility index (Phi) is 5.52. The van der Waals surface area contributed by atoms with Crippen LogP contribution < -0.4 is 10.6 Å². The molecule has 1 fully saturated rings. The van der Waals surface area contributed by atoms with E-state index in [-0.39, 0.29) is 30.4 Å². The lowest BCUT2D eigenvalue weighted by atomic mass is 10.1. The molecule has 0 radical (unpaired) electrons. The number of aromatic amines is 1. The normalized spacial score (nSPS) is 21.4. The first-order valence-electron chi connectivity index (χ1n) is 8.56. The number of carbonyl (C=O) groups excluding carboxylic acids is 2. The Morgan fingerprint density at radius 3 is 2.70 bits per heavy atom. The third-order valence-electron chi connectivity index (χ3n) is 4.65. The lowest BCUT2D eigenvalue weighted by molar-refractivity contribution is -0.125. The number of H-pyrrole nitrogens is 1. The number of nitriles is 1. The van der Waals surface area contributed by atoms with Gasteiger partial charge in [0.1, 0.15) is 17.6 Å². The highest BCUT2D eigenvalue weighted by atomic mass is 19.1. The molecule has 27 heavy (non-hydrogen) atoms. The van der Waals surface area contributed by atoms with Crippen LogP contribution in [0.2, 0.25) is 0 Å². The second-order valence-corrected chi connectivity index (χ2v) is 6.57. The van der Waals surface area contributed by atoms with Crippen molar-refractivity contribution in [3.63, 3.8) is 0 Å². The van der Waals surface area contributed by atoms with Crippen LogP contribution in [0, 0.1) is 23.1 Å². The highest BCUT2D eigenvalue weighted by Crippen LogP contribution is 2.26. The van der Waals surface area contributed by atoms with E-state index in [1.54, 1.807) is 12.1 Å². The van der Waals surface area contributed by atoms with Crippen molar-refractivity contribution in [2.24, 2.45) is 5.92 Å². The molecule has 1 aliphatic carbocycles. The molecule has 2 amide bonds. The van der Waals surface area contributed by atoms with Gasteiger partial charge in [0.25, 0.3) is 5.91 Å². The molecule has 4 N–H and O–H groups in total. The second kappa shape index (κ2) is 8.01. The van der Waals surface area contributed by atoms with E-state index >= 15 is 0 Å². The number of halogens is 1. The maximum atomic E-state index is 12.9. The quantitative estimate of drug-likeness (QED) is 0.633. The topological polar surface area (TPSA) is 118 Å². The first kappa shape index (κ1) is 18.6. The number of aliphatic hydroxyl groups excluding tert-OH is 1. The Labute approximate surface area is 155 Å². The highest BCUT2D eigenvalue weighted by Gasteiger charge is 2.37. The molecular weight excluding hydrogens is 351 g/mol. The van der Waals surface area contributed by atoms with Crippen molar-refractivity contribution in [3.8, 4) is 6.07 Å². The van der Waals surface area contributed by atoms with Crippen molar-refractivity contribution in [1.82, 2.24) is 15.6 Å². The summed E-state index contributed by atoms with van der Waals surface area (Å²) in [4.78, 5) is 27.2. The van der Waals surface area contributed by atoms with Gasteiger partial charge in [0.15, 0.2) is 0 Å². The van der Waals surface area contributed by atoms with Crippen molar-refractivity contribution in [1.29, 1.82) is 5.26 Å². The third-order valence-corrected chi connectivity index (χ3v) is 4.65. The number of nitrogens with zero attached hydrogens (tertiary/aromatic N) is 1. The minimum absolute atomic E-state index is 0.221. The van der Waals surface area contributed by atoms with Crippen LogP contribution in [0.4, 0.5) is 4.39 Å². The summed E-state index contributed by atoms with van der Waals surface area (Å²) in [6, 6.07) is 8.63. The SMILES string of the molecule is N#Cc1c[nH]c(C(=O)N[C@@H]2C[C@H](C(=O)NCc3ccc(F)cc3)C[C@H]2O)c1. The molecule has 3 rings (SSSR count). The predicted molar refractivity (Wildman–Crippen MR) is 93.7 cm³/mol. The van der Waals surface area contributed by atoms with Crippen LogP contribution in [-0.2, 0) is 11.3 Å². The first-order chi connectivity index (χ1) is 13.0. The zero-order valence-corrected chi connectivity index (χ0v) is 14.4. The molecule has 0 aliphatic heterocycles. The molecule has 1 saturated carbocycles. The van der Waals surface area contributed by atoms with E-state index in [0.29, 0.717) is 12.0 Å². The summed E-state index contributed by atoms with van der Waals surface area (Å²) in [7, 11) is 0. The van der Waals surface area contributed by atoms with Gasteiger partial charge in [-0.25, -0.2) is 4.39 Å². The van der Waals surface area contributed by atoms with Crippen LogP contribution in [-0.4, -0.2) is 34.1 Å². The smallest absolute Gasteiger partial charge is 0.268 e. The van der Waals surface area contributed by atoms with E-state index in [0.717, 1.165) is 5.56 Å². The second-order valence-electron chi connectivity index (χ2n) is 6.57. The lowest BCUT2D eigenvalue weighted by Gasteiger charge is -2.15. The van der Waals surface area contributed by atoms with Gasteiger partial charge in [0, 0.05) is 18.7 Å². The molecule has 140 valence electrons. The molecule has 0 bridgehead atoms. The third kappa shape index (κ3) is 4.51. The molecule has 1 heterocycles. The Morgan fingerprint density at radius 1 is 1.30 bits per heavy atom. The van der Waals surface area contributed by atoms with Crippen molar-refractivity contribution in [2.45, 2.75) is 31.5 Å². The summed E-state index contributed by atoms with van der Waals surface area (Å²) < 4.78 is 12.9. The number of benzene rings is 1. The number of amides is 2. The Balaban J connectivity index is 1.52. The van der Waals surface area contributed by atoms with Gasteiger partial charge in [-0.05, 0) is 36.6 Å². The summed E-state index contributed by atoms with van der Waals surface area (Å²) in [6.07, 6.45) is 1.15. The largest absolute Gasteiger partial charge is 0.391 e. The van der Waals surface area contributed by atoms with Gasteiger partial charge in [-0.15, -0.1) is 0 Å². The van der Waals surface area contributed by atoms with E-state index in [1.165, 1.54) is 24.4 Å². The Hall–Kier alpha value is -3.18. The van der Waals surface area contributed by atoms with Crippen molar-refractivity contribution in [2.75, 3.05) is 0 Å². The van der Waals surface area contributed by atoms with Crippen molar-refractivity contribution < 1.29 is 19.1 Å². The molecule has 1 aliphatic rings. The van der Waals surface area contributed by atoms with Crippen LogP contribution >= 0.6 is 0 Å². The van der Waals surface area contributed by atoms with Gasteiger partial charge in [-0.2, -0.15) is 5.26 Å². The predicted octanol–water partition coefficient (Wildman–Crippen LogP) is 1.21. The summed E-state index contributed by atoms with van der Waals surface area (Å²) in [6.45, 7) is 0.266. The number of rotatable bonds is 5. The molecule has 0 saturated heterocycles. The Morgan fingerprint density at radius 2 is 2.04 bits per heavy atom. The minimum Gasteiger partial charge on any atom is -0.391 e. The molecule has 8 heteroatoms. The molecule has 0 unspecified atom stereocenters. The van der Waals surface area contributed by atoms with Crippen LogP contribution in [0.15, 0.2) is 36.5 Å². The number of carbonyl (C=O) groups is 2. The molecule has 7 nitrogen and oxygen atoms in total. The zero-order chi connectivity index (χ0) is 19.4. The monoisotopic (exact) mass is 370 g/mol. The first-order valence-corrected chi connectivity index (χ1v) is 8.56. The van der Waals surface area contributed by atoms with Gasteiger partial charge < -0.3 is 20.7 Å². The number of aliphatic hydroxyl groups is 1. The van der Waals surface area contributed by atoms with E-state index in [1.807, 2.05) is 6.07 Å². The summed E-state index contributed by atoms with van der Waals surface area (Å²) in [5.41, 5.74) is 1.33. The molecular formula is C19H19FN4O3. The van der Waals surface area contributed by atoms with Gasteiger partial charge >= 0.3 is 0 Å². The van der Waals surface area contributed by atoms with E-state index in [2.05, 4.69) is 15.6 Å². The van der Waals surface area contributed by atoms with Gasteiger partial charge in [-0.3, -0.25) is 9.59 Å².